The van der Waals surface area contributed by atoms with Crippen LogP contribution in [-0.4, -0.2) is 13.1 Å². The minimum atomic E-state index is 1.01. The molecule has 0 aliphatic carbocycles. The normalized spacial score (nSPS) is 14.2. The van der Waals surface area contributed by atoms with Crippen molar-refractivity contribution in [3.63, 3.8) is 0 Å². The van der Waals surface area contributed by atoms with E-state index in [9.17, 15) is 0 Å². The molecule has 8 rings (SSSR count). The van der Waals surface area contributed by atoms with Gasteiger partial charge in [-0.05, 0) is 101 Å². The molecule has 2 heteroatoms. The van der Waals surface area contributed by atoms with Crippen LogP contribution in [0.5, 0.6) is 0 Å². The van der Waals surface area contributed by atoms with Crippen LogP contribution in [0.3, 0.4) is 0 Å². The Bertz CT molecular complexity index is 1790. The lowest BCUT2D eigenvalue weighted by Crippen LogP contribution is -2.27. The van der Waals surface area contributed by atoms with Crippen LogP contribution < -0.4 is 9.80 Å². The molecule has 2 aliphatic heterocycles. The number of rotatable bonds is 5. The standard InChI is InChI=1S/C42H36N2/c1-4-14-31(15-5-1)34-28-35(43-26-12-22-39-37(20-10-24-41(39)43)32-16-6-2-7-17-32)30-36(29-34)44-27-13-23-40-38(21-11-25-42(40)44)33-18-8-3-9-19-33/h1-11,14-21,24-25,28-30H,12-13,22-23,26-27H2. The van der Waals surface area contributed by atoms with Crippen molar-refractivity contribution < 1.29 is 0 Å². The fourth-order valence-electron chi connectivity index (χ4n) is 7.27. The third kappa shape index (κ3) is 4.87. The van der Waals surface area contributed by atoms with Crippen LogP contribution in [0.4, 0.5) is 22.7 Å². The van der Waals surface area contributed by atoms with Crippen LogP contribution in [0.15, 0.2) is 146 Å². The maximum atomic E-state index is 2.56. The highest BCUT2D eigenvalue weighted by Crippen LogP contribution is 2.44. The van der Waals surface area contributed by atoms with Gasteiger partial charge in [0.25, 0.3) is 0 Å². The van der Waals surface area contributed by atoms with Gasteiger partial charge in [-0.3, -0.25) is 0 Å². The Kier molecular flexibility index (Phi) is 6.96. The average molecular weight is 569 g/mol. The van der Waals surface area contributed by atoms with E-state index in [1.165, 1.54) is 67.3 Å². The van der Waals surface area contributed by atoms with Gasteiger partial charge in [-0.2, -0.15) is 0 Å². The molecule has 0 aromatic heterocycles. The maximum Gasteiger partial charge on any atom is 0.0449 e. The topological polar surface area (TPSA) is 6.48 Å². The lowest BCUT2D eigenvalue weighted by atomic mass is 9.91. The molecule has 0 spiro atoms. The molecule has 0 bridgehead atoms. The quantitative estimate of drug-likeness (QED) is 0.204. The van der Waals surface area contributed by atoms with Crippen LogP contribution in [0.25, 0.3) is 33.4 Å². The predicted molar refractivity (Wildman–Crippen MR) is 186 cm³/mol. The number of hydrogen-bond acceptors (Lipinski definition) is 2. The van der Waals surface area contributed by atoms with Crippen molar-refractivity contribution in [3.05, 3.63) is 157 Å². The lowest BCUT2D eigenvalue weighted by Gasteiger charge is -2.36. The van der Waals surface area contributed by atoms with Crippen molar-refractivity contribution in [1.82, 2.24) is 0 Å². The third-order valence-electron chi connectivity index (χ3n) is 9.30. The summed E-state index contributed by atoms with van der Waals surface area (Å²) >= 11 is 0. The Hall–Kier alpha value is -5.08. The molecule has 6 aromatic carbocycles. The average Bonchev–Trinajstić information content (AvgIpc) is 3.11. The molecule has 0 radical (unpaired) electrons. The monoisotopic (exact) mass is 568 g/mol. The maximum absolute atomic E-state index is 2.56. The summed E-state index contributed by atoms with van der Waals surface area (Å²) in [6.45, 7) is 2.02. The summed E-state index contributed by atoms with van der Waals surface area (Å²) in [6.07, 6.45) is 4.47. The van der Waals surface area contributed by atoms with Crippen molar-refractivity contribution in [2.45, 2.75) is 25.7 Å². The first-order chi connectivity index (χ1) is 21.8. The van der Waals surface area contributed by atoms with Crippen LogP contribution >= 0.6 is 0 Å². The number of hydrogen-bond donors (Lipinski definition) is 0. The van der Waals surface area contributed by atoms with Gasteiger partial charge in [0.05, 0.1) is 0 Å². The van der Waals surface area contributed by atoms with Crippen molar-refractivity contribution in [2.24, 2.45) is 0 Å². The van der Waals surface area contributed by atoms with Gasteiger partial charge < -0.3 is 9.80 Å². The molecule has 0 atom stereocenters. The smallest absolute Gasteiger partial charge is 0.0449 e. The van der Waals surface area contributed by atoms with Gasteiger partial charge in [0.2, 0.25) is 0 Å². The van der Waals surface area contributed by atoms with Crippen LogP contribution in [0, 0.1) is 0 Å². The van der Waals surface area contributed by atoms with Gasteiger partial charge >= 0.3 is 0 Å². The first-order valence-electron chi connectivity index (χ1n) is 15.9. The van der Waals surface area contributed by atoms with Gasteiger partial charge in [0.15, 0.2) is 0 Å². The van der Waals surface area contributed by atoms with Gasteiger partial charge in [-0.25, -0.2) is 0 Å². The Labute approximate surface area is 260 Å². The fourth-order valence-corrected chi connectivity index (χ4v) is 7.27. The van der Waals surface area contributed by atoms with Crippen LogP contribution in [-0.2, 0) is 12.8 Å². The molecule has 6 aromatic rings. The molecule has 0 fully saturated rings. The molecule has 0 N–H and O–H groups in total. The highest BCUT2D eigenvalue weighted by Gasteiger charge is 2.25. The SMILES string of the molecule is c1ccc(-c2cc(N3CCCc4c(-c5ccccc5)cccc43)cc(N3CCCc4c(-c5ccccc5)cccc43)c2)cc1. The van der Waals surface area contributed by atoms with E-state index in [1.807, 2.05) is 0 Å². The molecule has 0 saturated carbocycles. The zero-order chi connectivity index (χ0) is 29.3. The summed E-state index contributed by atoms with van der Waals surface area (Å²) in [7, 11) is 0. The number of fused-ring (bicyclic) bond motifs is 2. The molecule has 0 amide bonds. The number of anilines is 4. The summed E-state index contributed by atoms with van der Waals surface area (Å²) in [4.78, 5) is 5.12. The zero-order valence-corrected chi connectivity index (χ0v) is 25.0. The fraction of sp³-hybridized carbons (Fsp3) is 0.143. The highest BCUT2D eigenvalue weighted by atomic mass is 15.2. The van der Waals surface area contributed by atoms with Gasteiger partial charge in [-0.15, -0.1) is 0 Å². The Morgan fingerprint density at radius 2 is 0.795 bits per heavy atom. The van der Waals surface area contributed by atoms with E-state index < -0.39 is 0 Å². The Morgan fingerprint density at radius 1 is 0.364 bits per heavy atom. The molecule has 44 heavy (non-hydrogen) atoms. The summed E-state index contributed by atoms with van der Waals surface area (Å²) in [5.41, 5.74) is 15.9. The molecular formula is C42H36N2. The first kappa shape index (κ1) is 26.5. The largest absolute Gasteiger partial charge is 0.341 e. The van der Waals surface area contributed by atoms with Gasteiger partial charge in [0, 0.05) is 35.8 Å². The molecule has 2 nitrogen and oxygen atoms in total. The second-order valence-corrected chi connectivity index (χ2v) is 12.0. The van der Waals surface area contributed by atoms with Gasteiger partial charge in [0.1, 0.15) is 0 Å². The number of benzene rings is 6. The Morgan fingerprint density at radius 3 is 1.25 bits per heavy atom. The number of nitrogens with zero attached hydrogens (tertiary/aromatic N) is 2. The zero-order valence-electron chi connectivity index (χ0n) is 25.0. The summed E-state index contributed by atoms with van der Waals surface area (Å²) < 4.78 is 0. The van der Waals surface area contributed by atoms with E-state index in [-0.39, 0.29) is 0 Å². The van der Waals surface area contributed by atoms with Crippen LogP contribution in [0.1, 0.15) is 24.0 Å². The first-order valence-corrected chi connectivity index (χ1v) is 15.9. The van der Waals surface area contributed by atoms with Crippen LogP contribution in [0.2, 0.25) is 0 Å². The summed E-state index contributed by atoms with van der Waals surface area (Å²) in [5.74, 6) is 0. The Balaban J connectivity index is 1.27. The predicted octanol–water partition coefficient (Wildman–Crippen LogP) is 10.9. The van der Waals surface area contributed by atoms with E-state index in [4.69, 9.17) is 0 Å². The van der Waals surface area contributed by atoms with Crippen molar-refractivity contribution in [1.29, 1.82) is 0 Å². The van der Waals surface area contributed by atoms with Gasteiger partial charge in [-0.1, -0.05) is 115 Å². The third-order valence-corrected chi connectivity index (χ3v) is 9.30. The van der Waals surface area contributed by atoms with E-state index in [0.29, 0.717) is 0 Å². The van der Waals surface area contributed by atoms with E-state index in [0.717, 1.165) is 38.8 Å². The molecule has 0 saturated heterocycles. The second-order valence-electron chi connectivity index (χ2n) is 12.0. The lowest BCUT2D eigenvalue weighted by molar-refractivity contribution is 0.762. The molecule has 2 heterocycles. The molecular weight excluding hydrogens is 532 g/mol. The summed E-state index contributed by atoms with van der Waals surface area (Å²) in [5, 5.41) is 0. The van der Waals surface area contributed by atoms with Crippen molar-refractivity contribution >= 4 is 22.7 Å². The van der Waals surface area contributed by atoms with Crippen molar-refractivity contribution in [3.8, 4) is 33.4 Å². The van der Waals surface area contributed by atoms with Crippen molar-refractivity contribution in [2.75, 3.05) is 22.9 Å². The second kappa shape index (κ2) is 11.5. The summed E-state index contributed by atoms with van der Waals surface area (Å²) in [6, 6.07) is 53.5. The molecule has 214 valence electrons. The van der Waals surface area contributed by atoms with E-state index in [1.54, 1.807) is 0 Å². The minimum Gasteiger partial charge on any atom is -0.341 e. The molecule has 0 unspecified atom stereocenters. The van der Waals surface area contributed by atoms with E-state index >= 15 is 0 Å². The minimum absolute atomic E-state index is 1.01. The van der Waals surface area contributed by atoms with E-state index in [2.05, 4.69) is 155 Å². The molecule has 2 aliphatic rings. The highest BCUT2D eigenvalue weighted by molar-refractivity contribution is 5.85.